The number of aromatic amines is 1. The molecule has 13 heteroatoms. The molecule has 0 spiro atoms. The van der Waals surface area contributed by atoms with Gasteiger partial charge in [-0.3, -0.25) is 13.9 Å². The molecule has 0 aliphatic heterocycles. The highest BCUT2D eigenvalue weighted by Gasteiger charge is 2.08. The Morgan fingerprint density at radius 1 is 1.14 bits per heavy atom. The van der Waals surface area contributed by atoms with Gasteiger partial charge in [-0.1, -0.05) is 0 Å². The van der Waals surface area contributed by atoms with Gasteiger partial charge in [-0.2, -0.15) is 8.42 Å². The molecule has 4 N–H and O–H groups in total. The number of benzene rings is 1. The number of hydrogen-bond acceptors (Lipinski definition) is 8. The predicted molar refractivity (Wildman–Crippen MR) is 106 cm³/mol. The molecule has 0 fully saturated rings. The third kappa shape index (κ3) is 8.13. The van der Waals surface area contributed by atoms with Gasteiger partial charge in [-0.25, -0.2) is 13.4 Å². The Hall–Kier alpha value is -2.58. The fourth-order valence-electron chi connectivity index (χ4n) is 2.32. The van der Waals surface area contributed by atoms with Gasteiger partial charge in [-0.05, 0) is 30.3 Å². The topological polar surface area (TPSA) is 180 Å². The molecule has 0 unspecified atom stereocenters. The van der Waals surface area contributed by atoms with Crippen LogP contribution in [0.5, 0.6) is 0 Å². The van der Waals surface area contributed by atoms with Gasteiger partial charge in [0.2, 0.25) is 0 Å². The molecule has 0 saturated carbocycles. The lowest BCUT2D eigenvalue weighted by Crippen LogP contribution is -2.21. The van der Waals surface area contributed by atoms with Crippen LogP contribution in [0.25, 0.3) is 22.2 Å². The highest BCUT2D eigenvalue weighted by molar-refractivity contribution is 7.90. The molecule has 1 aromatic carbocycles. The summed E-state index contributed by atoms with van der Waals surface area (Å²) in [5.41, 5.74) is 1.20. The number of H-pyrrole nitrogens is 1. The predicted octanol–water partition coefficient (Wildman–Crippen LogP) is 0.665. The molecule has 3 aromatic rings. The largest absolute Gasteiger partial charge is 0.460 e. The van der Waals surface area contributed by atoms with E-state index < -0.39 is 20.2 Å². The lowest BCUT2D eigenvalue weighted by atomic mass is 10.1. The molecule has 0 bridgehead atoms. The maximum absolute atomic E-state index is 11.8. The van der Waals surface area contributed by atoms with E-state index in [0.717, 1.165) is 5.56 Å². The fourth-order valence-corrected chi connectivity index (χ4v) is 2.83. The quantitative estimate of drug-likeness (QED) is 0.311. The van der Waals surface area contributed by atoms with E-state index in [1.807, 2.05) is 18.2 Å². The van der Waals surface area contributed by atoms with Crippen LogP contribution in [0, 0.1) is 0 Å². The molecule has 158 valence electrons. The van der Waals surface area contributed by atoms with E-state index >= 15 is 0 Å². The van der Waals surface area contributed by atoms with E-state index in [1.54, 1.807) is 12.1 Å². The lowest BCUT2D eigenvalue weighted by molar-refractivity contribution is 0.381. The number of hydrogen-bond donors (Lipinski definition) is 4. The number of nitrogens with one attached hydrogen (secondary N) is 2. The average Bonchev–Trinajstić information content (AvgIpc) is 3.06. The molecule has 2 aromatic heterocycles. The number of sulfone groups is 1. The Balaban J connectivity index is 0.000000537. The molecule has 0 atom stereocenters. The van der Waals surface area contributed by atoms with E-state index in [1.165, 1.54) is 12.6 Å². The third-order valence-electron chi connectivity index (χ3n) is 3.54. The van der Waals surface area contributed by atoms with Crippen LogP contribution in [-0.2, 0) is 26.8 Å². The Morgan fingerprint density at radius 2 is 1.83 bits per heavy atom. The molecule has 0 amide bonds. The van der Waals surface area contributed by atoms with Crippen molar-refractivity contribution >= 4 is 31.1 Å². The van der Waals surface area contributed by atoms with Gasteiger partial charge in [0.1, 0.15) is 21.4 Å². The van der Waals surface area contributed by atoms with Crippen LogP contribution in [0.3, 0.4) is 0 Å². The summed E-state index contributed by atoms with van der Waals surface area (Å²) in [7, 11) is -7.64. The highest BCUT2D eigenvalue weighted by Crippen LogP contribution is 2.24. The lowest BCUT2D eigenvalue weighted by Gasteiger charge is -2.02. The summed E-state index contributed by atoms with van der Waals surface area (Å²) in [4.78, 5) is 18.5. The third-order valence-corrected chi connectivity index (χ3v) is 4.48. The van der Waals surface area contributed by atoms with Crippen molar-refractivity contribution < 1.29 is 30.4 Å². The van der Waals surface area contributed by atoms with Gasteiger partial charge < -0.3 is 14.7 Å². The van der Waals surface area contributed by atoms with Gasteiger partial charge in [0.25, 0.3) is 5.56 Å². The molecule has 2 heterocycles. The maximum Gasteiger partial charge on any atom is 0.394 e. The van der Waals surface area contributed by atoms with Gasteiger partial charge in [0, 0.05) is 18.4 Å². The van der Waals surface area contributed by atoms with Crippen LogP contribution >= 0.6 is 0 Å². The minimum Gasteiger partial charge on any atom is -0.460 e. The zero-order valence-electron chi connectivity index (χ0n) is 15.2. The molecule has 0 saturated heterocycles. The number of nitrogens with zero attached hydrogens (tertiary/aromatic N) is 1. The van der Waals surface area contributed by atoms with Crippen molar-refractivity contribution in [3.8, 4) is 11.3 Å². The molecular weight excluding hydrogens is 426 g/mol. The smallest absolute Gasteiger partial charge is 0.394 e. The summed E-state index contributed by atoms with van der Waals surface area (Å²) in [5, 5.41) is 3.52. The van der Waals surface area contributed by atoms with Crippen molar-refractivity contribution in [1.82, 2.24) is 15.3 Å². The average molecular weight is 445 g/mol. The normalized spacial score (nSPS) is 11.8. The molecule has 0 aliphatic carbocycles. The van der Waals surface area contributed by atoms with Gasteiger partial charge in [0.15, 0.2) is 0 Å². The SMILES string of the molecule is CS(=O)(=O)CCNCc1ccc(-c2ccc3nc[nH]c(=O)c3c2)o1.O=S(=O)(O)O. The van der Waals surface area contributed by atoms with Crippen molar-refractivity contribution in [2.24, 2.45) is 0 Å². The molecule has 11 nitrogen and oxygen atoms in total. The van der Waals surface area contributed by atoms with Crippen molar-refractivity contribution in [3.63, 3.8) is 0 Å². The number of rotatable bonds is 6. The van der Waals surface area contributed by atoms with Gasteiger partial charge in [0.05, 0.1) is 29.5 Å². The van der Waals surface area contributed by atoms with Crippen LogP contribution in [0.2, 0.25) is 0 Å². The first kappa shape index (κ1) is 22.7. The minimum absolute atomic E-state index is 0.0843. The molecule has 0 aliphatic rings. The number of aromatic nitrogens is 2. The van der Waals surface area contributed by atoms with Crippen LogP contribution in [0.15, 0.2) is 45.9 Å². The molecule has 0 radical (unpaired) electrons. The molecule has 3 rings (SSSR count). The van der Waals surface area contributed by atoms with Crippen LogP contribution in [0.4, 0.5) is 0 Å². The summed E-state index contributed by atoms with van der Waals surface area (Å²) in [5.74, 6) is 1.42. The zero-order chi connectivity index (χ0) is 21.7. The van der Waals surface area contributed by atoms with E-state index in [4.69, 9.17) is 21.9 Å². The maximum atomic E-state index is 11.8. The summed E-state index contributed by atoms with van der Waals surface area (Å²) in [6.07, 6.45) is 2.58. The van der Waals surface area contributed by atoms with Crippen molar-refractivity contribution in [2.45, 2.75) is 6.54 Å². The monoisotopic (exact) mass is 445 g/mol. The first-order valence-corrected chi connectivity index (χ1v) is 11.5. The minimum atomic E-state index is -4.67. The summed E-state index contributed by atoms with van der Waals surface area (Å²) >= 11 is 0. The summed E-state index contributed by atoms with van der Waals surface area (Å²) in [6, 6.07) is 8.99. The Bertz CT molecular complexity index is 1240. The van der Waals surface area contributed by atoms with Gasteiger partial charge in [-0.15, -0.1) is 0 Å². The Labute approximate surface area is 166 Å². The van der Waals surface area contributed by atoms with Crippen molar-refractivity contribution in [2.75, 3.05) is 18.6 Å². The second kappa shape index (κ2) is 9.28. The van der Waals surface area contributed by atoms with Crippen molar-refractivity contribution in [1.29, 1.82) is 0 Å². The van der Waals surface area contributed by atoms with Crippen LogP contribution in [-0.4, -0.2) is 54.5 Å². The first-order chi connectivity index (χ1) is 13.4. The second-order valence-corrected chi connectivity index (χ2v) is 9.14. The Kier molecular flexibility index (Phi) is 7.26. The number of fused-ring (bicyclic) bond motifs is 1. The van der Waals surface area contributed by atoms with E-state index in [9.17, 15) is 13.2 Å². The standard InChI is InChI=1S/C16H17N3O4S.H2O4S/c1-24(21,22)7-6-17-9-12-3-5-15(23-12)11-2-4-14-13(8-11)16(20)19-10-18-14;1-5(2,3)4/h2-5,8,10,17H,6-7,9H2,1H3,(H,18,19,20);(H2,1,2,3,4). The van der Waals surface area contributed by atoms with E-state index in [0.29, 0.717) is 35.5 Å². The highest BCUT2D eigenvalue weighted by atomic mass is 32.3. The second-order valence-electron chi connectivity index (χ2n) is 5.98. The Morgan fingerprint density at radius 3 is 2.48 bits per heavy atom. The fraction of sp³-hybridized carbons (Fsp3) is 0.250. The zero-order valence-corrected chi connectivity index (χ0v) is 16.8. The molecule has 29 heavy (non-hydrogen) atoms. The van der Waals surface area contributed by atoms with Gasteiger partial charge >= 0.3 is 10.4 Å². The van der Waals surface area contributed by atoms with E-state index in [-0.39, 0.29) is 11.3 Å². The summed E-state index contributed by atoms with van der Waals surface area (Å²) in [6.45, 7) is 0.803. The van der Waals surface area contributed by atoms with E-state index in [2.05, 4.69) is 15.3 Å². The van der Waals surface area contributed by atoms with Crippen molar-refractivity contribution in [3.05, 3.63) is 52.8 Å². The molecular formula is C16H19N3O8S2. The summed E-state index contributed by atoms with van der Waals surface area (Å²) < 4.78 is 59.5. The number of furan rings is 1. The van der Waals surface area contributed by atoms with Crippen LogP contribution in [0.1, 0.15) is 5.76 Å². The van der Waals surface area contributed by atoms with Crippen LogP contribution < -0.4 is 10.9 Å². The first-order valence-electron chi connectivity index (χ1n) is 8.07.